The molecule has 0 aromatic carbocycles. The molecular weight excluding hydrogens is 176 g/mol. The lowest BCUT2D eigenvalue weighted by molar-refractivity contribution is -0.150. The first-order valence-corrected chi connectivity index (χ1v) is 3.90. The van der Waals surface area contributed by atoms with Crippen LogP contribution in [0.1, 0.15) is 13.8 Å². The summed E-state index contributed by atoms with van der Waals surface area (Å²) in [6.07, 6.45) is 0. The van der Waals surface area contributed by atoms with Crippen molar-refractivity contribution < 1.29 is 19.2 Å². The largest absolute Gasteiger partial charge is 0.465 e. The molecule has 3 N–H and O–H groups in total. The van der Waals surface area contributed by atoms with Crippen LogP contribution >= 0.6 is 0 Å². The van der Waals surface area contributed by atoms with Crippen molar-refractivity contribution in [3.05, 3.63) is 0 Å². The van der Waals surface area contributed by atoms with Crippen LogP contribution in [0.4, 0.5) is 0 Å². The maximum absolute atomic E-state index is 10.9. The number of hydrogen-bond donors (Lipinski definition) is 2. The Balaban J connectivity index is 3.55. The number of hydroxylamine groups is 1. The highest BCUT2D eigenvalue weighted by molar-refractivity contribution is 5.76. The van der Waals surface area contributed by atoms with E-state index in [1.54, 1.807) is 13.8 Å². The van der Waals surface area contributed by atoms with Crippen molar-refractivity contribution in [1.29, 1.82) is 0 Å². The molecule has 0 spiro atoms. The van der Waals surface area contributed by atoms with E-state index in [9.17, 15) is 9.59 Å². The predicted octanol–water partition coefficient (Wildman–Crippen LogP) is -1.06. The third kappa shape index (κ3) is 6.06. The average Bonchev–Trinajstić information content (AvgIpc) is 2.04. The van der Waals surface area contributed by atoms with E-state index >= 15 is 0 Å². The standard InChI is InChI=1S/C7H14N2O4/c1-3-12-7(11)5(2)9-13-4-6(8)10/h5,9H,3-4H2,1-2H3,(H2,8,10). The van der Waals surface area contributed by atoms with Gasteiger partial charge in [0.1, 0.15) is 12.6 Å². The van der Waals surface area contributed by atoms with Gasteiger partial charge in [-0.1, -0.05) is 0 Å². The van der Waals surface area contributed by atoms with Gasteiger partial charge in [-0.25, -0.2) is 0 Å². The number of nitrogens with two attached hydrogens (primary N) is 1. The maximum atomic E-state index is 10.9. The second-order valence-electron chi connectivity index (χ2n) is 2.35. The van der Waals surface area contributed by atoms with E-state index in [1.165, 1.54) is 0 Å². The lowest BCUT2D eigenvalue weighted by Crippen LogP contribution is -2.37. The first kappa shape index (κ1) is 11.9. The molecule has 76 valence electrons. The van der Waals surface area contributed by atoms with Crippen LogP contribution in [0.3, 0.4) is 0 Å². The van der Waals surface area contributed by atoms with Crippen molar-refractivity contribution in [2.45, 2.75) is 19.9 Å². The maximum Gasteiger partial charge on any atom is 0.325 e. The quantitative estimate of drug-likeness (QED) is 0.411. The van der Waals surface area contributed by atoms with Crippen molar-refractivity contribution >= 4 is 11.9 Å². The molecule has 0 aliphatic carbocycles. The Morgan fingerprint density at radius 2 is 2.15 bits per heavy atom. The molecule has 0 aromatic heterocycles. The summed E-state index contributed by atoms with van der Waals surface area (Å²) in [5.41, 5.74) is 7.12. The third-order valence-corrected chi connectivity index (χ3v) is 1.11. The lowest BCUT2D eigenvalue weighted by atomic mass is 10.4. The van der Waals surface area contributed by atoms with E-state index in [0.717, 1.165) is 0 Å². The molecule has 0 rings (SSSR count). The van der Waals surface area contributed by atoms with Crippen LogP contribution in [0.15, 0.2) is 0 Å². The molecule has 0 aromatic rings. The Morgan fingerprint density at radius 1 is 1.54 bits per heavy atom. The summed E-state index contributed by atoms with van der Waals surface area (Å²) in [6.45, 7) is 3.29. The molecule has 0 saturated heterocycles. The number of carbonyl (C=O) groups is 2. The summed E-state index contributed by atoms with van der Waals surface area (Å²) in [4.78, 5) is 25.8. The van der Waals surface area contributed by atoms with Gasteiger partial charge in [0, 0.05) is 0 Å². The van der Waals surface area contributed by atoms with Crippen LogP contribution in [0, 0.1) is 0 Å². The highest BCUT2D eigenvalue weighted by atomic mass is 16.7. The molecule has 0 fully saturated rings. The fourth-order valence-electron chi connectivity index (χ4n) is 0.553. The van der Waals surface area contributed by atoms with E-state index in [0.29, 0.717) is 6.61 Å². The molecule has 1 atom stereocenters. The molecule has 1 amide bonds. The fourth-order valence-corrected chi connectivity index (χ4v) is 0.553. The minimum atomic E-state index is -0.612. The van der Waals surface area contributed by atoms with Gasteiger partial charge in [0.25, 0.3) is 0 Å². The molecule has 0 bridgehead atoms. The summed E-state index contributed by atoms with van der Waals surface area (Å²) >= 11 is 0. The van der Waals surface area contributed by atoms with Crippen LogP contribution in [0.5, 0.6) is 0 Å². The molecular formula is C7H14N2O4. The SMILES string of the molecule is CCOC(=O)C(C)NOCC(N)=O. The highest BCUT2D eigenvalue weighted by Gasteiger charge is 2.13. The van der Waals surface area contributed by atoms with Crippen LogP contribution in [0.2, 0.25) is 0 Å². The summed E-state index contributed by atoms with van der Waals surface area (Å²) in [5, 5.41) is 0. The summed E-state index contributed by atoms with van der Waals surface area (Å²) in [6, 6.07) is -0.612. The van der Waals surface area contributed by atoms with Gasteiger partial charge in [-0.15, -0.1) is 0 Å². The molecule has 1 unspecified atom stereocenters. The molecule has 13 heavy (non-hydrogen) atoms. The number of amides is 1. The first-order chi connectivity index (χ1) is 6.07. The van der Waals surface area contributed by atoms with Gasteiger partial charge in [0.15, 0.2) is 0 Å². The second kappa shape index (κ2) is 6.38. The highest BCUT2D eigenvalue weighted by Crippen LogP contribution is 1.87. The van der Waals surface area contributed by atoms with Crippen molar-refractivity contribution in [2.75, 3.05) is 13.2 Å². The van der Waals surface area contributed by atoms with E-state index in [4.69, 9.17) is 5.73 Å². The Hall–Kier alpha value is -1.14. The summed E-state index contributed by atoms with van der Waals surface area (Å²) < 4.78 is 4.66. The van der Waals surface area contributed by atoms with E-state index in [-0.39, 0.29) is 6.61 Å². The van der Waals surface area contributed by atoms with Gasteiger partial charge in [0.2, 0.25) is 5.91 Å². The minimum Gasteiger partial charge on any atom is -0.465 e. The Labute approximate surface area is 76.3 Å². The molecule has 0 aliphatic heterocycles. The van der Waals surface area contributed by atoms with Crippen LogP contribution < -0.4 is 11.2 Å². The number of rotatable bonds is 6. The number of carbonyl (C=O) groups excluding carboxylic acids is 2. The predicted molar refractivity (Wildman–Crippen MR) is 44.4 cm³/mol. The average molecular weight is 190 g/mol. The number of primary amides is 1. The van der Waals surface area contributed by atoms with Crippen LogP contribution in [-0.4, -0.2) is 31.1 Å². The molecule has 6 nitrogen and oxygen atoms in total. The number of ether oxygens (including phenoxy) is 1. The monoisotopic (exact) mass is 190 g/mol. The van der Waals surface area contributed by atoms with Crippen molar-refractivity contribution in [3.8, 4) is 0 Å². The molecule has 0 saturated carbocycles. The second-order valence-corrected chi connectivity index (χ2v) is 2.35. The van der Waals surface area contributed by atoms with E-state index in [1.807, 2.05) is 0 Å². The Bertz CT molecular complexity index is 183. The van der Waals surface area contributed by atoms with E-state index in [2.05, 4.69) is 15.1 Å². The van der Waals surface area contributed by atoms with Gasteiger partial charge in [-0.3, -0.25) is 14.4 Å². The molecule has 0 aliphatic rings. The van der Waals surface area contributed by atoms with Gasteiger partial charge in [0.05, 0.1) is 6.61 Å². The minimum absolute atomic E-state index is 0.274. The Morgan fingerprint density at radius 3 is 2.62 bits per heavy atom. The zero-order valence-corrected chi connectivity index (χ0v) is 7.70. The van der Waals surface area contributed by atoms with Gasteiger partial charge in [-0.05, 0) is 13.8 Å². The summed E-state index contributed by atoms with van der Waals surface area (Å²) in [7, 11) is 0. The van der Waals surface area contributed by atoms with Gasteiger partial charge >= 0.3 is 5.97 Å². The smallest absolute Gasteiger partial charge is 0.325 e. The van der Waals surface area contributed by atoms with Crippen LogP contribution in [0.25, 0.3) is 0 Å². The number of hydrogen-bond acceptors (Lipinski definition) is 5. The number of esters is 1. The third-order valence-electron chi connectivity index (χ3n) is 1.11. The van der Waals surface area contributed by atoms with Gasteiger partial charge < -0.3 is 10.5 Å². The summed E-state index contributed by atoms with van der Waals surface area (Å²) in [5.74, 6) is -1.05. The fraction of sp³-hybridized carbons (Fsp3) is 0.714. The van der Waals surface area contributed by atoms with Crippen molar-refractivity contribution in [3.63, 3.8) is 0 Å². The van der Waals surface area contributed by atoms with Crippen LogP contribution in [-0.2, 0) is 19.2 Å². The molecule has 0 radical (unpaired) electrons. The van der Waals surface area contributed by atoms with Gasteiger partial charge in [-0.2, -0.15) is 5.48 Å². The molecule has 6 heteroatoms. The molecule has 0 heterocycles. The zero-order chi connectivity index (χ0) is 10.3. The van der Waals surface area contributed by atoms with E-state index < -0.39 is 17.9 Å². The normalized spacial score (nSPS) is 12.2. The van der Waals surface area contributed by atoms with Crippen molar-refractivity contribution in [1.82, 2.24) is 5.48 Å². The lowest BCUT2D eigenvalue weighted by Gasteiger charge is -2.11. The zero-order valence-electron chi connectivity index (χ0n) is 7.70. The number of nitrogens with one attached hydrogen (secondary N) is 1. The topological polar surface area (TPSA) is 90.7 Å². The first-order valence-electron chi connectivity index (χ1n) is 3.90. The van der Waals surface area contributed by atoms with Crippen molar-refractivity contribution in [2.24, 2.45) is 5.73 Å². The Kier molecular flexibility index (Phi) is 5.82.